The van der Waals surface area contributed by atoms with Gasteiger partial charge in [-0.05, 0) is 12.8 Å². The Morgan fingerprint density at radius 3 is 2.07 bits per heavy atom. The van der Waals surface area contributed by atoms with Gasteiger partial charge in [-0.1, -0.05) is 26.7 Å². The molecule has 1 rings (SSSR count). The normalized spacial score (nSPS) is 27.6. The summed E-state index contributed by atoms with van der Waals surface area (Å²) in [5.74, 6) is -1.39. The van der Waals surface area contributed by atoms with Crippen molar-refractivity contribution in [2.45, 2.75) is 39.5 Å². The maximum Gasteiger partial charge on any atom is 0.307 e. The van der Waals surface area contributed by atoms with Gasteiger partial charge in [-0.15, -0.1) is 0 Å². The van der Waals surface area contributed by atoms with E-state index in [0.29, 0.717) is 6.42 Å². The average Bonchev–Trinajstić information content (AvgIpc) is 2.16. The summed E-state index contributed by atoms with van der Waals surface area (Å²) in [6.07, 6.45) is 3.36. The minimum Gasteiger partial charge on any atom is -0.481 e. The van der Waals surface area contributed by atoms with Gasteiger partial charge in [-0.3, -0.25) is 9.59 Å². The molecule has 0 spiro atoms. The summed E-state index contributed by atoms with van der Waals surface area (Å²) in [6.45, 7) is 3.69. The van der Waals surface area contributed by atoms with E-state index < -0.39 is 11.9 Å². The number of hydrogen-bond acceptors (Lipinski definition) is 2. The van der Waals surface area contributed by atoms with E-state index in [2.05, 4.69) is 0 Å². The number of carboxylic acid groups (broad SMARTS) is 1. The van der Waals surface area contributed by atoms with E-state index in [-0.39, 0.29) is 17.6 Å². The molecule has 1 aliphatic carbocycles. The number of aliphatic carboxylic acids is 1. The first-order valence-electron chi connectivity index (χ1n) is 5.30. The number of Topliss-reactive ketones (excluding diaryl/α,β-unsaturated/α-hetero) is 1. The van der Waals surface area contributed by atoms with E-state index >= 15 is 0 Å². The topological polar surface area (TPSA) is 54.4 Å². The van der Waals surface area contributed by atoms with Crippen molar-refractivity contribution in [1.29, 1.82) is 0 Å². The summed E-state index contributed by atoms with van der Waals surface area (Å²) < 4.78 is 0. The second-order valence-electron chi connectivity index (χ2n) is 4.39. The Labute approximate surface area is 84.5 Å². The summed E-state index contributed by atoms with van der Waals surface area (Å²) >= 11 is 0. The van der Waals surface area contributed by atoms with E-state index in [0.717, 1.165) is 19.3 Å². The fourth-order valence-corrected chi connectivity index (χ4v) is 2.20. The van der Waals surface area contributed by atoms with Crippen molar-refractivity contribution in [3.8, 4) is 0 Å². The molecule has 0 bridgehead atoms. The fraction of sp³-hybridized carbons (Fsp3) is 0.818. The van der Waals surface area contributed by atoms with Crippen molar-refractivity contribution >= 4 is 11.8 Å². The van der Waals surface area contributed by atoms with Crippen molar-refractivity contribution in [2.24, 2.45) is 17.8 Å². The summed E-state index contributed by atoms with van der Waals surface area (Å²) in [5.41, 5.74) is 0. The molecular formula is C11H18O3. The van der Waals surface area contributed by atoms with Crippen molar-refractivity contribution < 1.29 is 14.7 Å². The molecular weight excluding hydrogens is 180 g/mol. The first kappa shape index (κ1) is 11.2. The number of carbonyl (C=O) groups is 2. The van der Waals surface area contributed by atoms with Crippen LogP contribution in [-0.4, -0.2) is 16.9 Å². The SMILES string of the molecule is CC(C)C(=O)C1CCCCC1C(=O)O. The zero-order chi connectivity index (χ0) is 10.7. The molecule has 1 aliphatic rings. The maximum absolute atomic E-state index is 11.7. The lowest BCUT2D eigenvalue weighted by atomic mass is 9.74. The monoisotopic (exact) mass is 198 g/mol. The van der Waals surface area contributed by atoms with E-state index in [4.69, 9.17) is 5.11 Å². The molecule has 0 amide bonds. The van der Waals surface area contributed by atoms with Crippen molar-refractivity contribution in [2.75, 3.05) is 0 Å². The molecule has 0 aromatic carbocycles. The van der Waals surface area contributed by atoms with Crippen LogP contribution >= 0.6 is 0 Å². The summed E-state index contributed by atoms with van der Waals surface area (Å²) in [7, 11) is 0. The van der Waals surface area contributed by atoms with E-state index in [9.17, 15) is 9.59 Å². The highest BCUT2D eigenvalue weighted by atomic mass is 16.4. The maximum atomic E-state index is 11.7. The molecule has 0 aliphatic heterocycles. The third-order valence-electron chi connectivity index (χ3n) is 3.02. The lowest BCUT2D eigenvalue weighted by Crippen LogP contribution is -2.34. The number of carbonyl (C=O) groups excluding carboxylic acids is 1. The minimum atomic E-state index is -0.802. The van der Waals surface area contributed by atoms with Crippen LogP contribution in [0.1, 0.15) is 39.5 Å². The predicted molar refractivity (Wildman–Crippen MR) is 52.9 cm³/mol. The van der Waals surface area contributed by atoms with Gasteiger partial charge in [0.1, 0.15) is 5.78 Å². The Kier molecular flexibility index (Phi) is 3.67. The van der Waals surface area contributed by atoms with Crippen LogP contribution in [0.2, 0.25) is 0 Å². The van der Waals surface area contributed by atoms with E-state index in [1.165, 1.54) is 0 Å². The number of hydrogen-bond donors (Lipinski definition) is 1. The molecule has 0 heterocycles. The molecule has 2 atom stereocenters. The molecule has 80 valence electrons. The van der Waals surface area contributed by atoms with Crippen molar-refractivity contribution in [3.05, 3.63) is 0 Å². The minimum absolute atomic E-state index is 0.0417. The molecule has 3 heteroatoms. The smallest absolute Gasteiger partial charge is 0.307 e. The van der Waals surface area contributed by atoms with Gasteiger partial charge in [0.05, 0.1) is 5.92 Å². The van der Waals surface area contributed by atoms with Crippen molar-refractivity contribution in [1.82, 2.24) is 0 Å². The van der Waals surface area contributed by atoms with Gasteiger partial charge in [0.25, 0.3) is 0 Å². The third kappa shape index (κ3) is 2.34. The lowest BCUT2D eigenvalue weighted by molar-refractivity contribution is -0.149. The first-order chi connectivity index (χ1) is 6.54. The zero-order valence-corrected chi connectivity index (χ0v) is 8.82. The number of carboxylic acids is 1. The van der Waals surface area contributed by atoms with Gasteiger partial charge in [0, 0.05) is 11.8 Å². The first-order valence-corrected chi connectivity index (χ1v) is 5.30. The Balaban J connectivity index is 2.72. The quantitative estimate of drug-likeness (QED) is 0.755. The summed E-state index contributed by atoms with van der Waals surface area (Å²) in [5, 5.41) is 8.99. The second-order valence-corrected chi connectivity index (χ2v) is 4.39. The molecule has 14 heavy (non-hydrogen) atoms. The number of ketones is 1. The third-order valence-corrected chi connectivity index (χ3v) is 3.02. The molecule has 0 saturated heterocycles. The van der Waals surface area contributed by atoms with Gasteiger partial charge in [0.2, 0.25) is 0 Å². The predicted octanol–water partition coefficient (Wildman–Crippen LogP) is 2.10. The molecule has 3 nitrogen and oxygen atoms in total. The number of rotatable bonds is 3. The molecule has 0 radical (unpaired) electrons. The Hall–Kier alpha value is -0.860. The standard InChI is InChI=1S/C11H18O3/c1-7(2)10(12)8-5-3-4-6-9(8)11(13)14/h7-9H,3-6H2,1-2H3,(H,13,14). The van der Waals surface area contributed by atoms with E-state index in [1.807, 2.05) is 13.8 Å². The lowest BCUT2D eigenvalue weighted by Gasteiger charge is -2.28. The van der Waals surface area contributed by atoms with Crippen LogP contribution in [-0.2, 0) is 9.59 Å². The van der Waals surface area contributed by atoms with Crippen LogP contribution in [0.4, 0.5) is 0 Å². The molecule has 1 N–H and O–H groups in total. The molecule has 0 aromatic heterocycles. The highest BCUT2D eigenvalue weighted by Crippen LogP contribution is 2.32. The van der Waals surface area contributed by atoms with Gasteiger partial charge < -0.3 is 5.11 Å². The Morgan fingerprint density at radius 2 is 1.64 bits per heavy atom. The molecule has 2 unspecified atom stereocenters. The van der Waals surface area contributed by atoms with Crippen LogP contribution in [0.3, 0.4) is 0 Å². The van der Waals surface area contributed by atoms with Crippen LogP contribution in [0.5, 0.6) is 0 Å². The fourth-order valence-electron chi connectivity index (χ4n) is 2.20. The van der Waals surface area contributed by atoms with Crippen LogP contribution in [0.15, 0.2) is 0 Å². The van der Waals surface area contributed by atoms with E-state index in [1.54, 1.807) is 0 Å². The highest BCUT2D eigenvalue weighted by Gasteiger charge is 2.36. The largest absolute Gasteiger partial charge is 0.481 e. The average molecular weight is 198 g/mol. The van der Waals surface area contributed by atoms with Crippen LogP contribution in [0.25, 0.3) is 0 Å². The van der Waals surface area contributed by atoms with Crippen molar-refractivity contribution in [3.63, 3.8) is 0 Å². The highest BCUT2D eigenvalue weighted by molar-refractivity contribution is 5.87. The van der Waals surface area contributed by atoms with Crippen LogP contribution in [0, 0.1) is 17.8 Å². The second kappa shape index (κ2) is 4.58. The van der Waals surface area contributed by atoms with Gasteiger partial charge in [-0.2, -0.15) is 0 Å². The van der Waals surface area contributed by atoms with Crippen LogP contribution < -0.4 is 0 Å². The zero-order valence-electron chi connectivity index (χ0n) is 8.82. The molecule has 1 saturated carbocycles. The molecule has 0 aromatic rings. The Bertz CT molecular complexity index is 233. The summed E-state index contributed by atoms with van der Waals surface area (Å²) in [6, 6.07) is 0. The van der Waals surface area contributed by atoms with Gasteiger partial charge in [0.15, 0.2) is 0 Å². The molecule has 1 fully saturated rings. The Morgan fingerprint density at radius 1 is 1.14 bits per heavy atom. The van der Waals surface area contributed by atoms with Gasteiger partial charge in [-0.25, -0.2) is 0 Å². The van der Waals surface area contributed by atoms with Gasteiger partial charge >= 0.3 is 5.97 Å². The summed E-state index contributed by atoms with van der Waals surface area (Å²) in [4.78, 5) is 22.7.